The number of alkyl halides is 3. The van der Waals surface area contributed by atoms with Crippen LogP contribution in [-0.4, -0.2) is 19.8 Å². The molecule has 0 aliphatic carbocycles. The van der Waals surface area contributed by atoms with E-state index >= 15 is 0 Å². The van der Waals surface area contributed by atoms with Crippen molar-refractivity contribution in [3.8, 4) is 22.8 Å². The third-order valence-electron chi connectivity index (χ3n) is 4.82. The van der Waals surface area contributed by atoms with Gasteiger partial charge in [0, 0.05) is 12.1 Å². The van der Waals surface area contributed by atoms with Crippen molar-refractivity contribution in [2.75, 3.05) is 0 Å². The zero-order valence-electron chi connectivity index (χ0n) is 16.4. The van der Waals surface area contributed by atoms with E-state index in [9.17, 15) is 18.0 Å². The molecule has 0 spiro atoms. The monoisotopic (exact) mass is 438 g/mol. The van der Waals surface area contributed by atoms with Crippen molar-refractivity contribution < 1.29 is 22.3 Å². The molecule has 10 heteroatoms. The minimum atomic E-state index is -4.72. The van der Waals surface area contributed by atoms with E-state index < -0.39 is 12.0 Å². The number of aryl methyl sites for hydroxylation is 1. The Morgan fingerprint density at radius 1 is 1.00 bits per heavy atom. The number of fused-ring (bicyclic) bond motifs is 2. The molecule has 5 rings (SSSR count). The second-order valence-electron chi connectivity index (χ2n) is 6.95. The first kappa shape index (κ1) is 19.7. The van der Waals surface area contributed by atoms with Crippen LogP contribution in [0.1, 0.15) is 11.6 Å². The fraction of sp³-hybridized carbons (Fsp3) is 0.0909. The number of aromatic nitrogens is 4. The van der Waals surface area contributed by atoms with Gasteiger partial charge in [-0.25, -0.2) is 0 Å². The fourth-order valence-corrected chi connectivity index (χ4v) is 3.41. The summed E-state index contributed by atoms with van der Waals surface area (Å²) in [4.78, 5) is 13.0. The second-order valence-corrected chi connectivity index (χ2v) is 6.95. The molecule has 0 bridgehead atoms. The average Bonchev–Trinajstić information content (AvgIpc) is 3.18. The molecule has 3 aromatic heterocycles. The molecule has 7 nitrogen and oxygen atoms in total. The third kappa shape index (κ3) is 3.35. The van der Waals surface area contributed by atoms with Gasteiger partial charge in [0.2, 0.25) is 11.3 Å². The third-order valence-corrected chi connectivity index (χ3v) is 4.82. The molecule has 0 N–H and O–H groups in total. The van der Waals surface area contributed by atoms with E-state index in [1.807, 2.05) is 30.3 Å². The predicted molar refractivity (Wildman–Crippen MR) is 109 cm³/mol. The molecule has 3 heterocycles. The topological polar surface area (TPSA) is 82.5 Å². The number of rotatable bonds is 3. The molecule has 0 saturated heterocycles. The molecule has 2 aromatic carbocycles. The molecular weight excluding hydrogens is 425 g/mol. The highest BCUT2D eigenvalue weighted by molar-refractivity contribution is 5.83. The predicted octanol–water partition coefficient (Wildman–Crippen LogP) is 5.02. The molecule has 0 saturated carbocycles. The van der Waals surface area contributed by atoms with Gasteiger partial charge in [0.25, 0.3) is 5.82 Å². The van der Waals surface area contributed by atoms with Crippen molar-refractivity contribution in [2.24, 2.45) is 0 Å². The maximum absolute atomic E-state index is 13.1. The summed E-state index contributed by atoms with van der Waals surface area (Å²) in [5.41, 5.74) is 1.23. The van der Waals surface area contributed by atoms with Crippen LogP contribution in [0.25, 0.3) is 27.7 Å². The normalized spacial score (nSPS) is 11.9. The van der Waals surface area contributed by atoms with Gasteiger partial charge in [-0.05, 0) is 30.7 Å². The van der Waals surface area contributed by atoms with Crippen molar-refractivity contribution in [3.63, 3.8) is 0 Å². The molecule has 160 valence electrons. The smallest absolute Gasteiger partial charge is 0.453 e. The van der Waals surface area contributed by atoms with E-state index in [1.54, 1.807) is 13.0 Å². The van der Waals surface area contributed by atoms with Gasteiger partial charge in [0.1, 0.15) is 17.1 Å². The zero-order valence-corrected chi connectivity index (χ0v) is 16.4. The maximum atomic E-state index is 13.1. The fourth-order valence-electron chi connectivity index (χ4n) is 3.41. The summed E-state index contributed by atoms with van der Waals surface area (Å²) >= 11 is 0. The lowest BCUT2D eigenvalue weighted by Gasteiger charge is -2.09. The molecule has 0 fully saturated rings. The van der Waals surface area contributed by atoms with Crippen LogP contribution in [0.5, 0.6) is 11.6 Å². The molecule has 0 amide bonds. The van der Waals surface area contributed by atoms with Crippen LogP contribution in [-0.2, 0) is 6.18 Å². The summed E-state index contributed by atoms with van der Waals surface area (Å²) in [6, 6.07) is 16.4. The van der Waals surface area contributed by atoms with Gasteiger partial charge in [-0.2, -0.15) is 17.7 Å². The molecule has 0 unspecified atom stereocenters. The van der Waals surface area contributed by atoms with Crippen molar-refractivity contribution in [2.45, 2.75) is 13.1 Å². The van der Waals surface area contributed by atoms with Crippen LogP contribution < -0.4 is 10.2 Å². The van der Waals surface area contributed by atoms with Crippen LogP contribution in [0, 0.1) is 6.92 Å². The number of ether oxygens (including phenoxy) is 1. The lowest BCUT2D eigenvalue weighted by Crippen LogP contribution is -2.12. The first-order valence-corrected chi connectivity index (χ1v) is 9.42. The van der Waals surface area contributed by atoms with Gasteiger partial charge in [-0.1, -0.05) is 30.3 Å². The Labute approximate surface area is 177 Å². The molecule has 0 aliphatic rings. The highest BCUT2D eigenvalue weighted by Crippen LogP contribution is 2.30. The SMILES string of the molecule is Cc1oc2cc(Oc3ccc4nnc(C(F)(F)F)n4n3)ccc2c(=O)c1-c1ccccc1. The lowest BCUT2D eigenvalue weighted by molar-refractivity contribution is -0.146. The Morgan fingerprint density at radius 3 is 2.53 bits per heavy atom. The molecule has 32 heavy (non-hydrogen) atoms. The quantitative estimate of drug-likeness (QED) is 0.394. The summed E-state index contributed by atoms with van der Waals surface area (Å²) in [6.07, 6.45) is -4.72. The van der Waals surface area contributed by atoms with E-state index in [4.69, 9.17) is 9.15 Å². The van der Waals surface area contributed by atoms with E-state index in [-0.39, 0.29) is 28.3 Å². The average molecular weight is 438 g/mol. The molecule has 5 aromatic rings. The Bertz CT molecular complexity index is 1530. The summed E-state index contributed by atoms with van der Waals surface area (Å²) < 4.78 is 51.2. The van der Waals surface area contributed by atoms with Crippen LogP contribution in [0.4, 0.5) is 13.2 Å². The number of benzene rings is 2. The molecule has 0 atom stereocenters. The zero-order chi connectivity index (χ0) is 22.5. The van der Waals surface area contributed by atoms with E-state index in [0.717, 1.165) is 5.56 Å². The minimum absolute atomic E-state index is 0.0711. The number of hydrogen-bond acceptors (Lipinski definition) is 6. The summed E-state index contributed by atoms with van der Waals surface area (Å²) in [5, 5.41) is 10.8. The van der Waals surface area contributed by atoms with Gasteiger partial charge >= 0.3 is 6.18 Å². The minimum Gasteiger partial charge on any atom is -0.460 e. The van der Waals surface area contributed by atoms with Crippen LogP contribution >= 0.6 is 0 Å². The van der Waals surface area contributed by atoms with Crippen molar-refractivity contribution in [1.82, 2.24) is 19.8 Å². The number of hydrogen-bond donors (Lipinski definition) is 0. The first-order valence-electron chi connectivity index (χ1n) is 9.42. The van der Waals surface area contributed by atoms with Crippen LogP contribution in [0.2, 0.25) is 0 Å². The van der Waals surface area contributed by atoms with E-state index in [1.165, 1.54) is 24.3 Å². The maximum Gasteiger partial charge on any atom is 0.453 e. The largest absolute Gasteiger partial charge is 0.460 e. The number of nitrogens with zero attached hydrogens (tertiary/aromatic N) is 4. The van der Waals surface area contributed by atoms with E-state index in [2.05, 4.69) is 15.3 Å². The second kappa shape index (κ2) is 7.19. The van der Waals surface area contributed by atoms with Crippen LogP contribution in [0.15, 0.2) is 69.9 Å². The highest BCUT2D eigenvalue weighted by Gasteiger charge is 2.37. The van der Waals surface area contributed by atoms with Gasteiger partial charge < -0.3 is 9.15 Å². The molecular formula is C22H13F3N4O3. The van der Waals surface area contributed by atoms with Crippen molar-refractivity contribution in [1.29, 1.82) is 0 Å². The Balaban J connectivity index is 1.54. The van der Waals surface area contributed by atoms with Crippen LogP contribution in [0.3, 0.4) is 0 Å². The number of halogens is 3. The van der Waals surface area contributed by atoms with Gasteiger partial charge in [0.05, 0.1) is 10.9 Å². The Morgan fingerprint density at radius 2 is 1.78 bits per heavy atom. The highest BCUT2D eigenvalue weighted by atomic mass is 19.4. The standard InChI is InChI=1S/C22H13F3N4O3/c1-12-19(13-5-3-2-4-6-13)20(30)15-8-7-14(11-16(15)31-12)32-18-10-9-17-26-27-21(22(23,24)25)29(17)28-18/h2-11H,1H3. The summed E-state index contributed by atoms with van der Waals surface area (Å²) in [5.74, 6) is -0.695. The first-order chi connectivity index (χ1) is 15.3. The molecule has 0 radical (unpaired) electrons. The van der Waals surface area contributed by atoms with Gasteiger partial charge in [-0.15, -0.1) is 15.3 Å². The Kier molecular flexibility index (Phi) is 4.43. The summed E-state index contributed by atoms with van der Waals surface area (Å²) in [7, 11) is 0. The van der Waals surface area contributed by atoms with E-state index in [0.29, 0.717) is 21.2 Å². The van der Waals surface area contributed by atoms with Gasteiger partial charge in [0.15, 0.2) is 5.65 Å². The summed E-state index contributed by atoms with van der Waals surface area (Å²) in [6.45, 7) is 1.69. The lowest BCUT2D eigenvalue weighted by atomic mass is 10.0. The van der Waals surface area contributed by atoms with Gasteiger partial charge in [-0.3, -0.25) is 4.79 Å². The van der Waals surface area contributed by atoms with Crippen molar-refractivity contribution >= 4 is 16.6 Å². The van der Waals surface area contributed by atoms with Crippen molar-refractivity contribution in [3.05, 3.63) is 82.5 Å². The Hall–Kier alpha value is -4.21. The molecule has 0 aliphatic heterocycles.